The maximum atomic E-state index is 5.57. The van der Waals surface area contributed by atoms with Gasteiger partial charge >= 0.3 is 0 Å². The van der Waals surface area contributed by atoms with E-state index in [1.54, 1.807) is 0 Å². The van der Waals surface area contributed by atoms with Gasteiger partial charge in [-0.1, -0.05) is 6.92 Å². The van der Waals surface area contributed by atoms with E-state index < -0.39 is 0 Å². The molecular formula is C13H27N3O. The molecular weight excluding hydrogens is 214 g/mol. The molecule has 100 valence electrons. The van der Waals surface area contributed by atoms with Crippen molar-refractivity contribution in [2.45, 2.75) is 19.0 Å². The van der Waals surface area contributed by atoms with Crippen LogP contribution in [0.2, 0.25) is 0 Å². The zero-order chi connectivity index (χ0) is 12.4. The van der Waals surface area contributed by atoms with Crippen LogP contribution in [0.15, 0.2) is 0 Å². The molecule has 0 saturated carbocycles. The summed E-state index contributed by atoms with van der Waals surface area (Å²) in [5, 5.41) is 3.37. The monoisotopic (exact) mass is 241 g/mol. The van der Waals surface area contributed by atoms with Gasteiger partial charge in [0.1, 0.15) is 0 Å². The Morgan fingerprint density at radius 2 is 2.06 bits per heavy atom. The molecule has 0 radical (unpaired) electrons. The average molecular weight is 241 g/mol. The highest BCUT2D eigenvalue weighted by molar-refractivity contribution is 4.90. The summed E-state index contributed by atoms with van der Waals surface area (Å²) in [4.78, 5) is 4.98. The predicted molar refractivity (Wildman–Crippen MR) is 70.2 cm³/mol. The summed E-state index contributed by atoms with van der Waals surface area (Å²) in [5.41, 5.74) is 0. The van der Waals surface area contributed by atoms with Crippen LogP contribution in [-0.2, 0) is 4.74 Å². The van der Waals surface area contributed by atoms with Gasteiger partial charge in [-0.15, -0.1) is 0 Å². The minimum Gasteiger partial charge on any atom is -0.379 e. The van der Waals surface area contributed by atoms with E-state index >= 15 is 0 Å². The summed E-state index contributed by atoms with van der Waals surface area (Å²) in [6.07, 6.45) is 0. The Hall–Kier alpha value is -0.160. The van der Waals surface area contributed by atoms with E-state index in [1.165, 1.54) is 19.6 Å². The van der Waals surface area contributed by atoms with Crippen molar-refractivity contribution in [3.05, 3.63) is 0 Å². The van der Waals surface area contributed by atoms with Crippen LogP contribution in [-0.4, -0.2) is 75.9 Å². The molecule has 0 aromatic carbocycles. The minimum absolute atomic E-state index is 0.545. The predicted octanol–water partition coefficient (Wildman–Crippen LogP) is 0.103. The highest BCUT2D eigenvalue weighted by atomic mass is 16.5. The third-order valence-electron chi connectivity index (χ3n) is 4.37. The molecule has 2 fully saturated rings. The maximum absolute atomic E-state index is 5.57. The van der Waals surface area contributed by atoms with E-state index in [4.69, 9.17) is 4.74 Å². The van der Waals surface area contributed by atoms with Gasteiger partial charge in [0.05, 0.1) is 13.2 Å². The molecule has 2 heterocycles. The summed E-state index contributed by atoms with van der Waals surface area (Å²) < 4.78 is 5.57. The third-order valence-corrected chi connectivity index (χ3v) is 4.37. The van der Waals surface area contributed by atoms with Crippen molar-refractivity contribution in [3.63, 3.8) is 0 Å². The first-order valence-corrected chi connectivity index (χ1v) is 6.75. The van der Waals surface area contributed by atoms with Gasteiger partial charge in [-0.3, -0.25) is 0 Å². The van der Waals surface area contributed by atoms with Crippen molar-refractivity contribution in [2.75, 3.05) is 54.0 Å². The van der Waals surface area contributed by atoms with Crippen LogP contribution < -0.4 is 5.32 Å². The smallest absolute Gasteiger partial charge is 0.0623 e. The van der Waals surface area contributed by atoms with Gasteiger partial charge in [-0.25, -0.2) is 0 Å². The fraction of sp³-hybridized carbons (Fsp3) is 1.00. The third kappa shape index (κ3) is 2.99. The number of likely N-dealkylation sites (N-methyl/N-ethyl adjacent to an activating group) is 2. The lowest BCUT2D eigenvalue weighted by molar-refractivity contribution is 0.171. The minimum atomic E-state index is 0.545. The number of rotatable bonds is 4. The van der Waals surface area contributed by atoms with Gasteiger partial charge in [0.15, 0.2) is 0 Å². The Balaban J connectivity index is 1.84. The number of nitrogens with one attached hydrogen (secondary N) is 1. The van der Waals surface area contributed by atoms with Gasteiger partial charge in [0.25, 0.3) is 0 Å². The van der Waals surface area contributed by atoms with Crippen molar-refractivity contribution in [1.29, 1.82) is 0 Å². The molecule has 1 N–H and O–H groups in total. The molecule has 0 bridgehead atoms. The second-order valence-electron chi connectivity index (χ2n) is 5.92. The molecule has 2 aliphatic rings. The van der Waals surface area contributed by atoms with Crippen LogP contribution in [0.25, 0.3) is 0 Å². The number of hydrogen-bond donors (Lipinski definition) is 1. The first kappa shape index (κ1) is 13.3. The number of nitrogens with zero attached hydrogens (tertiary/aromatic N) is 2. The van der Waals surface area contributed by atoms with Crippen LogP contribution >= 0.6 is 0 Å². The second kappa shape index (κ2) is 5.65. The summed E-state index contributed by atoms with van der Waals surface area (Å²) in [7, 11) is 6.43. The van der Waals surface area contributed by atoms with E-state index in [0.717, 1.165) is 19.1 Å². The average Bonchev–Trinajstić information content (AvgIpc) is 2.85. The van der Waals surface area contributed by atoms with Crippen LogP contribution in [0.4, 0.5) is 0 Å². The highest BCUT2D eigenvalue weighted by Gasteiger charge is 2.35. The van der Waals surface area contributed by atoms with Crippen molar-refractivity contribution >= 4 is 0 Å². The Kier molecular flexibility index (Phi) is 4.42. The number of likely N-dealkylation sites (tertiary alicyclic amines) is 1. The Bertz CT molecular complexity index is 247. The van der Waals surface area contributed by atoms with Crippen molar-refractivity contribution in [2.24, 2.45) is 11.8 Å². The molecule has 0 amide bonds. The van der Waals surface area contributed by atoms with Gasteiger partial charge < -0.3 is 19.9 Å². The standard InChI is InChI=1S/C13H27N3O/c1-10-5-16(7-13(10)15(3)4)6-11-8-17-9-12(11)14-2/h10-14H,5-9H2,1-4H3. The van der Waals surface area contributed by atoms with Crippen LogP contribution in [0, 0.1) is 11.8 Å². The molecule has 17 heavy (non-hydrogen) atoms. The van der Waals surface area contributed by atoms with E-state index in [2.05, 4.69) is 36.1 Å². The quantitative estimate of drug-likeness (QED) is 0.756. The lowest BCUT2D eigenvalue weighted by Crippen LogP contribution is -2.40. The van der Waals surface area contributed by atoms with Crippen molar-refractivity contribution < 1.29 is 4.74 Å². The zero-order valence-electron chi connectivity index (χ0n) is 11.6. The molecule has 0 aromatic rings. The molecule has 4 atom stereocenters. The van der Waals surface area contributed by atoms with Gasteiger partial charge in [0.2, 0.25) is 0 Å². The first-order chi connectivity index (χ1) is 8.11. The van der Waals surface area contributed by atoms with Crippen LogP contribution in [0.3, 0.4) is 0 Å². The van der Waals surface area contributed by atoms with E-state index in [-0.39, 0.29) is 0 Å². The topological polar surface area (TPSA) is 27.7 Å². The van der Waals surface area contributed by atoms with E-state index in [9.17, 15) is 0 Å². The van der Waals surface area contributed by atoms with Gasteiger partial charge in [-0.05, 0) is 27.1 Å². The zero-order valence-corrected chi connectivity index (χ0v) is 11.6. The Morgan fingerprint density at radius 3 is 2.65 bits per heavy atom. The second-order valence-corrected chi connectivity index (χ2v) is 5.92. The van der Waals surface area contributed by atoms with Crippen molar-refractivity contribution in [3.8, 4) is 0 Å². The number of hydrogen-bond acceptors (Lipinski definition) is 4. The normalized spacial score (nSPS) is 39.4. The van der Waals surface area contributed by atoms with Crippen LogP contribution in [0.5, 0.6) is 0 Å². The lowest BCUT2D eigenvalue weighted by Gasteiger charge is -2.25. The van der Waals surface area contributed by atoms with Crippen LogP contribution in [0.1, 0.15) is 6.92 Å². The molecule has 2 rings (SSSR count). The molecule has 0 spiro atoms. The number of ether oxygens (including phenoxy) is 1. The molecule has 4 unspecified atom stereocenters. The summed E-state index contributed by atoms with van der Waals surface area (Å²) in [6.45, 7) is 7.78. The summed E-state index contributed by atoms with van der Waals surface area (Å²) in [5.74, 6) is 1.44. The molecule has 4 nitrogen and oxygen atoms in total. The van der Waals surface area contributed by atoms with Gasteiger partial charge in [-0.2, -0.15) is 0 Å². The molecule has 4 heteroatoms. The SMILES string of the molecule is CNC1COCC1CN1CC(C)C(N(C)C)C1. The lowest BCUT2D eigenvalue weighted by atomic mass is 10.0. The summed E-state index contributed by atoms with van der Waals surface area (Å²) >= 11 is 0. The summed E-state index contributed by atoms with van der Waals surface area (Å²) in [6, 6.07) is 1.26. The molecule has 2 aliphatic heterocycles. The van der Waals surface area contributed by atoms with Crippen molar-refractivity contribution in [1.82, 2.24) is 15.1 Å². The largest absolute Gasteiger partial charge is 0.379 e. The fourth-order valence-electron chi connectivity index (χ4n) is 3.30. The molecule has 0 aromatic heterocycles. The first-order valence-electron chi connectivity index (χ1n) is 6.75. The maximum Gasteiger partial charge on any atom is 0.0623 e. The van der Waals surface area contributed by atoms with E-state index in [0.29, 0.717) is 18.0 Å². The Morgan fingerprint density at radius 1 is 1.29 bits per heavy atom. The Labute approximate surface area is 105 Å². The fourth-order valence-corrected chi connectivity index (χ4v) is 3.30. The van der Waals surface area contributed by atoms with Gasteiger partial charge in [0, 0.05) is 37.6 Å². The highest BCUT2D eigenvalue weighted by Crippen LogP contribution is 2.23. The molecule has 2 saturated heterocycles. The van der Waals surface area contributed by atoms with E-state index in [1.807, 2.05) is 7.05 Å². The molecule has 0 aliphatic carbocycles.